The molecule has 0 aromatic carbocycles. The second-order valence-corrected chi connectivity index (χ2v) is 4.72. The summed E-state index contributed by atoms with van der Waals surface area (Å²) in [5, 5.41) is 2.28. The topological polar surface area (TPSA) is 103 Å². The standard InChI is InChI=1S/C4H5N3O3S2/c1-12(9,10)4(8)2-3(5)6-7-11-2/h5H2,1H3. The number of nitrogens with zero attached hydrogens (tertiary/aromatic N) is 2. The fourth-order valence-electron chi connectivity index (χ4n) is 0.508. The van der Waals surface area contributed by atoms with Crippen LogP contribution in [0.4, 0.5) is 5.82 Å². The molecule has 0 amide bonds. The van der Waals surface area contributed by atoms with E-state index in [0.29, 0.717) is 11.5 Å². The van der Waals surface area contributed by atoms with E-state index < -0.39 is 15.0 Å². The number of hydrogen-bond acceptors (Lipinski definition) is 7. The van der Waals surface area contributed by atoms with E-state index in [-0.39, 0.29) is 10.7 Å². The van der Waals surface area contributed by atoms with Crippen LogP contribution in [0.25, 0.3) is 0 Å². The molecule has 6 nitrogen and oxygen atoms in total. The minimum Gasteiger partial charge on any atom is -0.381 e. The largest absolute Gasteiger partial charge is 0.381 e. The summed E-state index contributed by atoms with van der Waals surface area (Å²) in [7, 11) is -3.74. The van der Waals surface area contributed by atoms with E-state index in [1.165, 1.54) is 0 Å². The van der Waals surface area contributed by atoms with Crippen molar-refractivity contribution in [1.29, 1.82) is 0 Å². The highest BCUT2D eigenvalue weighted by Crippen LogP contribution is 2.15. The van der Waals surface area contributed by atoms with Gasteiger partial charge in [-0.05, 0) is 11.5 Å². The number of rotatable bonds is 1. The molecule has 0 bridgehead atoms. The molecular formula is C4H5N3O3S2. The molecule has 1 rings (SSSR count). The fourth-order valence-corrected chi connectivity index (χ4v) is 1.93. The predicted octanol–water partition coefficient (Wildman–Crippen LogP) is -0.695. The van der Waals surface area contributed by atoms with Crippen molar-refractivity contribution in [3.8, 4) is 0 Å². The van der Waals surface area contributed by atoms with Crippen molar-refractivity contribution in [3.63, 3.8) is 0 Å². The van der Waals surface area contributed by atoms with E-state index in [2.05, 4.69) is 9.59 Å². The Bertz CT molecular complexity index is 407. The Kier molecular flexibility index (Phi) is 2.11. The molecule has 0 aliphatic rings. The van der Waals surface area contributed by atoms with E-state index in [0.717, 1.165) is 6.26 Å². The van der Waals surface area contributed by atoms with Gasteiger partial charge in [-0.25, -0.2) is 8.42 Å². The summed E-state index contributed by atoms with van der Waals surface area (Å²) in [6, 6.07) is 0. The van der Waals surface area contributed by atoms with Crippen molar-refractivity contribution >= 4 is 32.3 Å². The lowest BCUT2D eigenvalue weighted by Gasteiger charge is -1.91. The van der Waals surface area contributed by atoms with Gasteiger partial charge >= 0.3 is 0 Å². The van der Waals surface area contributed by atoms with Gasteiger partial charge in [0.25, 0.3) is 5.12 Å². The number of aromatic nitrogens is 2. The minimum atomic E-state index is -3.74. The molecule has 0 spiro atoms. The zero-order chi connectivity index (χ0) is 9.35. The van der Waals surface area contributed by atoms with Crippen molar-refractivity contribution in [2.24, 2.45) is 0 Å². The Hall–Kier alpha value is -1.02. The molecule has 0 fully saturated rings. The van der Waals surface area contributed by atoms with Crippen LogP contribution in [0.3, 0.4) is 0 Å². The highest BCUT2D eigenvalue weighted by Gasteiger charge is 2.23. The highest BCUT2D eigenvalue weighted by atomic mass is 32.2. The van der Waals surface area contributed by atoms with Gasteiger partial charge in [0.1, 0.15) is 0 Å². The summed E-state index contributed by atoms with van der Waals surface area (Å²) in [6.45, 7) is 0. The molecule has 2 N–H and O–H groups in total. The van der Waals surface area contributed by atoms with E-state index in [4.69, 9.17) is 5.73 Å². The van der Waals surface area contributed by atoms with Gasteiger partial charge in [-0.1, -0.05) is 4.49 Å². The van der Waals surface area contributed by atoms with Gasteiger partial charge in [0.15, 0.2) is 10.7 Å². The first-order chi connectivity index (χ1) is 5.43. The molecule has 0 unspecified atom stereocenters. The molecule has 1 aromatic rings. The monoisotopic (exact) mass is 207 g/mol. The predicted molar refractivity (Wildman–Crippen MR) is 43.5 cm³/mol. The number of carbonyl (C=O) groups is 1. The summed E-state index contributed by atoms with van der Waals surface area (Å²) >= 11 is 0.670. The zero-order valence-electron chi connectivity index (χ0n) is 6.01. The zero-order valence-corrected chi connectivity index (χ0v) is 7.65. The molecule has 12 heavy (non-hydrogen) atoms. The SMILES string of the molecule is CS(=O)(=O)C(=O)c1snnc1N. The smallest absolute Gasteiger partial charge is 0.291 e. The molecule has 0 saturated heterocycles. The molecule has 0 radical (unpaired) electrons. The maximum atomic E-state index is 11.0. The van der Waals surface area contributed by atoms with Crippen LogP contribution in [-0.4, -0.2) is 29.4 Å². The third-order valence-corrected chi connectivity index (χ3v) is 2.78. The summed E-state index contributed by atoms with van der Waals surface area (Å²) < 4.78 is 24.8. The van der Waals surface area contributed by atoms with Gasteiger partial charge in [0, 0.05) is 6.26 Å². The van der Waals surface area contributed by atoms with Crippen LogP contribution >= 0.6 is 11.5 Å². The second kappa shape index (κ2) is 2.79. The number of nitrogen functional groups attached to an aromatic ring is 1. The summed E-state index contributed by atoms with van der Waals surface area (Å²) in [6.07, 6.45) is 0.814. The lowest BCUT2D eigenvalue weighted by Crippen LogP contribution is -2.12. The molecule has 0 saturated carbocycles. The maximum absolute atomic E-state index is 11.0. The fraction of sp³-hybridized carbons (Fsp3) is 0.250. The molecule has 1 heterocycles. The molecule has 8 heteroatoms. The average molecular weight is 207 g/mol. The van der Waals surface area contributed by atoms with E-state index in [9.17, 15) is 13.2 Å². The number of carbonyl (C=O) groups excluding carboxylic acids is 1. The first-order valence-electron chi connectivity index (χ1n) is 2.75. The molecule has 0 atom stereocenters. The first kappa shape index (κ1) is 9.07. The summed E-state index contributed by atoms with van der Waals surface area (Å²) in [5.41, 5.74) is 5.19. The summed E-state index contributed by atoms with van der Waals surface area (Å²) in [4.78, 5) is 10.9. The van der Waals surface area contributed by atoms with Crippen molar-refractivity contribution in [2.45, 2.75) is 0 Å². The lowest BCUT2D eigenvalue weighted by atomic mass is 10.5. The van der Waals surface area contributed by atoms with Crippen molar-refractivity contribution in [3.05, 3.63) is 4.88 Å². The Labute approximate surface area is 72.5 Å². The van der Waals surface area contributed by atoms with Crippen LogP contribution < -0.4 is 5.73 Å². The van der Waals surface area contributed by atoms with E-state index in [1.807, 2.05) is 0 Å². The molecule has 0 aliphatic carbocycles. The van der Waals surface area contributed by atoms with Crippen LogP contribution in [0.5, 0.6) is 0 Å². The Morgan fingerprint density at radius 1 is 1.58 bits per heavy atom. The van der Waals surface area contributed by atoms with E-state index in [1.54, 1.807) is 0 Å². The first-order valence-corrected chi connectivity index (χ1v) is 5.41. The number of nitrogens with two attached hydrogens (primary N) is 1. The van der Waals surface area contributed by atoms with Crippen molar-refractivity contribution < 1.29 is 13.2 Å². The third-order valence-electron chi connectivity index (χ3n) is 1.04. The van der Waals surface area contributed by atoms with Gasteiger partial charge < -0.3 is 5.73 Å². The number of sulfone groups is 1. The Morgan fingerprint density at radius 3 is 2.50 bits per heavy atom. The van der Waals surface area contributed by atoms with Crippen LogP contribution in [0.15, 0.2) is 0 Å². The normalized spacial score (nSPS) is 11.4. The van der Waals surface area contributed by atoms with E-state index >= 15 is 0 Å². The van der Waals surface area contributed by atoms with Gasteiger partial charge in [0.05, 0.1) is 0 Å². The van der Waals surface area contributed by atoms with Crippen LogP contribution in [0.2, 0.25) is 0 Å². The van der Waals surface area contributed by atoms with Gasteiger partial charge in [-0.2, -0.15) is 0 Å². The molecule has 66 valence electrons. The quantitative estimate of drug-likeness (QED) is 0.653. The molecular weight excluding hydrogens is 202 g/mol. The second-order valence-electron chi connectivity index (χ2n) is 2.05. The van der Waals surface area contributed by atoms with Gasteiger partial charge in [0.2, 0.25) is 9.84 Å². The van der Waals surface area contributed by atoms with Gasteiger partial charge in [-0.15, -0.1) is 5.10 Å². The Morgan fingerprint density at radius 2 is 2.17 bits per heavy atom. The molecule has 0 aliphatic heterocycles. The summed E-state index contributed by atoms with van der Waals surface area (Å²) in [5.74, 6) is -0.143. The van der Waals surface area contributed by atoms with Crippen LogP contribution in [0, 0.1) is 0 Å². The van der Waals surface area contributed by atoms with Crippen LogP contribution in [-0.2, 0) is 9.84 Å². The lowest BCUT2D eigenvalue weighted by molar-refractivity contribution is 0.108. The highest BCUT2D eigenvalue weighted by molar-refractivity contribution is 8.06. The Balaban J connectivity index is 3.19. The molecule has 1 aromatic heterocycles. The van der Waals surface area contributed by atoms with Crippen LogP contribution in [0.1, 0.15) is 9.67 Å². The van der Waals surface area contributed by atoms with Crippen molar-refractivity contribution in [1.82, 2.24) is 9.59 Å². The number of hydrogen-bond donors (Lipinski definition) is 1. The third kappa shape index (κ3) is 1.59. The average Bonchev–Trinajstić information content (AvgIpc) is 2.31. The van der Waals surface area contributed by atoms with Gasteiger partial charge in [-0.3, -0.25) is 4.79 Å². The minimum absolute atomic E-state index is 0.127. The maximum Gasteiger partial charge on any atom is 0.291 e. The van der Waals surface area contributed by atoms with Crippen molar-refractivity contribution in [2.75, 3.05) is 12.0 Å². The number of anilines is 1.